The van der Waals surface area contributed by atoms with Crippen molar-refractivity contribution in [3.63, 3.8) is 0 Å². The maximum atomic E-state index is 12.3. The fourth-order valence-corrected chi connectivity index (χ4v) is 3.52. The highest BCUT2D eigenvalue weighted by atomic mass is 79.9. The van der Waals surface area contributed by atoms with Crippen molar-refractivity contribution in [2.45, 2.75) is 12.5 Å². The molecule has 9 heteroatoms. The number of anilines is 1. The Hall–Kier alpha value is -2.65. The molecule has 1 N–H and O–H groups in total. The van der Waals surface area contributed by atoms with Gasteiger partial charge < -0.3 is 19.5 Å². The van der Waals surface area contributed by atoms with E-state index in [2.05, 4.69) is 31.3 Å². The standard InChI is InChI=1S/C19H19BrN4O4/c1-3-28-17(25)15-8-13(20)9-16-21-18(23-24(15)16)22-19(10-27-11-19)12-4-6-14(26-2)7-5-12/h4-9H,3,10-11H2,1-2H3,(H,22,23). The summed E-state index contributed by atoms with van der Waals surface area (Å²) in [5.74, 6) is 0.735. The molecule has 2 aromatic heterocycles. The Balaban J connectivity index is 1.68. The zero-order chi connectivity index (χ0) is 19.7. The van der Waals surface area contributed by atoms with E-state index in [0.29, 0.717) is 30.5 Å². The minimum Gasteiger partial charge on any atom is -0.497 e. The number of halogens is 1. The van der Waals surface area contributed by atoms with Crippen molar-refractivity contribution in [1.29, 1.82) is 0 Å². The summed E-state index contributed by atoms with van der Waals surface area (Å²) in [5.41, 5.74) is 1.45. The minimum atomic E-state index is -0.456. The van der Waals surface area contributed by atoms with E-state index in [4.69, 9.17) is 14.2 Å². The summed E-state index contributed by atoms with van der Waals surface area (Å²) in [7, 11) is 1.63. The van der Waals surface area contributed by atoms with Gasteiger partial charge in [-0.05, 0) is 36.8 Å². The van der Waals surface area contributed by atoms with Crippen LogP contribution in [0.25, 0.3) is 5.65 Å². The summed E-state index contributed by atoms with van der Waals surface area (Å²) in [5, 5.41) is 7.85. The number of ether oxygens (including phenoxy) is 3. The Bertz CT molecular complexity index is 1010. The van der Waals surface area contributed by atoms with Crippen LogP contribution in [0.3, 0.4) is 0 Å². The number of fused-ring (bicyclic) bond motifs is 1. The van der Waals surface area contributed by atoms with E-state index in [1.807, 2.05) is 24.3 Å². The molecule has 0 amide bonds. The van der Waals surface area contributed by atoms with Crippen molar-refractivity contribution < 1.29 is 19.0 Å². The Morgan fingerprint density at radius 1 is 1.32 bits per heavy atom. The smallest absolute Gasteiger partial charge is 0.357 e. The number of methoxy groups -OCH3 is 1. The summed E-state index contributed by atoms with van der Waals surface area (Å²) in [6, 6.07) is 11.2. The number of carbonyl (C=O) groups excluding carboxylic acids is 1. The number of rotatable bonds is 6. The number of pyridine rings is 1. The quantitative estimate of drug-likeness (QED) is 0.582. The second-order valence-electron chi connectivity index (χ2n) is 6.41. The average Bonchev–Trinajstić information content (AvgIpc) is 3.06. The van der Waals surface area contributed by atoms with Crippen LogP contribution in [0, 0.1) is 0 Å². The zero-order valence-corrected chi connectivity index (χ0v) is 17.0. The van der Waals surface area contributed by atoms with Gasteiger partial charge in [-0.25, -0.2) is 9.31 Å². The molecule has 146 valence electrons. The molecule has 1 aromatic carbocycles. The lowest BCUT2D eigenvalue weighted by Gasteiger charge is -2.42. The van der Waals surface area contributed by atoms with E-state index in [1.165, 1.54) is 4.52 Å². The van der Waals surface area contributed by atoms with Gasteiger partial charge in [0.15, 0.2) is 11.3 Å². The van der Waals surface area contributed by atoms with Gasteiger partial charge in [0.25, 0.3) is 0 Å². The molecule has 0 saturated carbocycles. The predicted molar refractivity (Wildman–Crippen MR) is 106 cm³/mol. The SMILES string of the molecule is CCOC(=O)c1cc(Br)cc2nc(NC3(c4ccc(OC)cc4)COC3)nn12. The fraction of sp³-hybridized carbons (Fsp3) is 0.316. The largest absolute Gasteiger partial charge is 0.497 e. The third kappa shape index (κ3) is 3.31. The third-order valence-electron chi connectivity index (χ3n) is 4.58. The van der Waals surface area contributed by atoms with E-state index < -0.39 is 11.5 Å². The van der Waals surface area contributed by atoms with E-state index >= 15 is 0 Å². The molecule has 1 aliphatic rings. The van der Waals surface area contributed by atoms with Crippen LogP contribution in [0.4, 0.5) is 5.95 Å². The molecule has 1 aliphatic heterocycles. The van der Waals surface area contributed by atoms with Crippen molar-refractivity contribution >= 4 is 33.5 Å². The molecule has 0 radical (unpaired) electrons. The molecular formula is C19H19BrN4O4. The number of nitrogens with zero attached hydrogens (tertiary/aromatic N) is 3. The summed E-state index contributed by atoms with van der Waals surface area (Å²) in [6.45, 7) is 3.02. The first-order valence-electron chi connectivity index (χ1n) is 8.78. The minimum absolute atomic E-state index is 0.282. The molecule has 28 heavy (non-hydrogen) atoms. The van der Waals surface area contributed by atoms with Crippen LogP contribution >= 0.6 is 15.9 Å². The van der Waals surface area contributed by atoms with Crippen molar-refractivity contribution in [2.75, 3.05) is 32.2 Å². The van der Waals surface area contributed by atoms with E-state index in [9.17, 15) is 4.79 Å². The maximum absolute atomic E-state index is 12.3. The molecule has 0 bridgehead atoms. The molecular weight excluding hydrogens is 428 g/mol. The number of hydrogen-bond acceptors (Lipinski definition) is 7. The van der Waals surface area contributed by atoms with Gasteiger partial charge in [-0.2, -0.15) is 4.98 Å². The van der Waals surface area contributed by atoms with Crippen molar-refractivity contribution in [3.8, 4) is 5.75 Å². The summed E-state index contributed by atoms with van der Waals surface area (Å²) >= 11 is 3.41. The Morgan fingerprint density at radius 3 is 2.68 bits per heavy atom. The highest BCUT2D eigenvalue weighted by Gasteiger charge is 2.41. The number of hydrogen-bond donors (Lipinski definition) is 1. The highest BCUT2D eigenvalue weighted by molar-refractivity contribution is 9.10. The number of nitrogens with one attached hydrogen (secondary N) is 1. The van der Waals surface area contributed by atoms with Crippen molar-refractivity contribution in [2.24, 2.45) is 0 Å². The Labute approximate surface area is 169 Å². The first-order valence-corrected chi connectivity index (χ1v) is 9.58. The molecule has 8 nitrogen and oxygen atoms in total. The molecule has 0 unspecified atom stereocenters. The lowest BCUT2D eigenvalue weighted by atomic mass is 9.88. The summed E-state index contributed by atoms with van der Waals surface area (Å²) in [6.07, 6.45) is 0. The van der Waals surface area contributed by atoms with Gasteiger partial charge >= 0.3 is 5.97 Å². The Kier molecular flexibility index (Phi) is 4.94. The van der Waals surface area contributed by atoms with Crippen LogP contribution in [0.5, 0.6) is 5.75 Å². The lowest BCUT2D eigenvalue weighted by Crippen LogP contribution is -2.53. The first-order chi connectivity index (χ1) is 13.5. The lowest BCUT2D eigenvalue weighted by molar-refractivity contribution is -0.0450. The van der Waals surface area contributed by atoms with Crippen LogP contribution in [0.2, 0.25) is 0 Å². The molecule has 0 spiro atoms. The topological polar surface area (TPSA) is 87.0 Å². The van der Waals surface area contributed by atoms with Gasteiger partial charge in [0.05, 0.1) is 26.9 Å². The van der Waals surface area contributed by atoms with E-state index in [1.54, 1.807) is 26.2 Å². The summed E-state index contributed by atoms with van der Waals surface area (Å²) < 4.78 is 18.0. The molecule has 0 aliphatic carbocycles. The second kappa shape index (κ2) is 7.40. The second-order valence-corrected chi connectivity index (χ2v) is 7.33. The number of carbonyl (C=O) groups is 1. The van der Waals surface area contributed by atoms with Gasteiger partial charge in [0, 0.05) is 4.47 Å². The molecule has 0 atom stereocenters. The van der Waals surface area contributed by atoms with Gasteiger partial charge in [-0.15, -0.1) is 5.10 Å². The third-order valence-corrected chi connectivity index (χ3v) is 5.03. The number of esters is 1. The van der Waals surface area contributed by atoms with Crippen molar-refractivity contribution in [1.82, 2.24) is 14.6 Å². The first kappa shape index (κ1) is 18.7. The van der Waals surface area contributed by atoms with Crippen molar-refractivity contribution in [3.05, 3.63) is 52.1 Å². The van der Waals surface area contributed by atoms with Crippen LogP contribution in [-0.4, -0.2) is 47.5 Å². The fourth-order valence-electron chi connectivity index (χ4n) is 3.10. The zero-order valence-electron chi connectivity index (χ0n) is 15.4. The van der Waals surface area contributed by atoms with Gasteiger partial charge in [0.1, 0.15) is 11.3 Å². The van der Waals surface area contributed by atoms with Gasteiger partial charge in [-0.3, -0.25) is 0 Å². The molecule has 3 aromatic rings. The normalized spacial score (nSPS) is 15.1. The van der Waals surface area contributed by atoms with Crippen LogP contribution in [0.1, 0.15) is 23.0 Å². The molecule has 3 heterocycles. The monoisotopic (exact) mass is 446 g/mol. The number of benzene rings is 1. The van der Waals surface area contributed by atoms with Crippen LogP contribution in [0.15, 0.2) is 40.9 Å². The van der Waals surface area contributed by atoms with Gasteiger partial charge in [0.2, 0.25) is 5.95 Å². The van der Waals surface area contributed by atoms with E-state index in [0.717, 1.165) is 15.8 Å². The van der Waals surface area contributed by atoms with E-state index in [-0.39, 0.29) is 6.61 Å². The highest BCUT2D eigenvalue weighted by Crippen LogP contribution is 2.34. The average molecular weight is 447 g/mol. The Morgan fingerprint density at radius 2 is 2.07 bits per heavy atom. The van der Waals surface area contributed by atoms with Crippen LogP contribution in [-0.2, 0) is 15.0 Å². The summed E-state index contributed by atoms with van der Waals surface area (Å²) in [4.78, 5) is 16.8. The maximum Gasteiger partial charge on any atom is 0.357 e. The van der Waals surface area contributed by atoms with Crippen LogP contribution < -0.4 is 10.1 Å². The molecule has 1 fully saturated rings. The van der Waals surface area contributed by atoms with Gasteiger partial charge in [-0.1, -0.05) is 28.1 Å². The number of aromatic nitrogens is 3. The molecule has 4 rings (SSSR count). The molecule has 1 saturated heterocycles. The predicted octanol–water partition coefficient (Wildman–Crippen LogP) is 3.01.